The maximum absolute atomic E-state index is 12.7. The molecule has 0 saturated carbocycles. The highest BCUT2D eigenvalue weighted by atomic mass is 32.2. The fraction of sp³-hybridized carbons (Fsp3) is 0.625. The first-order valence-electron chi connectivity index (χ1n) is 7.98. The van der Waals surface area contributed by atoms with Gasteiger partial charge in [0.15, 0.2) is 0 Å². The number of sulfonamides is 1. The van der Waals surface area contributed by atoms with Crippen molar-refractivity contribution in [2.24, 2.45) is 0 Å². The molecule has 1 aromatic carbocycles. The fourth-order valence-corrected chi connectivity index (χ4v) is 4.71. The number of hydrogen-bond acceptors (Lipinski definition) is 5. The summed E-state index contributed by atoms with van der Waals surface area (Å²) in [7, 11) is -3.54. The van der Waals surface area contributed by atoms with E-state index in [1.54, 1.807) is 24.3 Å². The number of hydrogen-bond donors (Lipinski definition) is 1. The zero-order valence-electron chi connectivity index (χ0n) is 13.4. The smallest absolute Gasteiger partial charge is 0.243 e. The van der Waals surface area contributed by atoms with E-state index in [0.29, 0.717) is 37.6 Å². The van der Waals surface area contributed by atoms with Crippen molar-refractivity contribution in [3.63, 3.8) is 0 Å². The predicted octanol–water partition coefficient (Wildman–Crippen LogP) is 0.453. The summed E-state index contributed by atoms with van der Waals surface area (Å²) in [4.78, 5) is 2.43. The minimum atomic E-state index is -3.54. The highest BCUT2D eigenvalue weighted by Gasteiger charge is 2.42. The third-order valence-corrected chi connectivity index (χ3v) is 6.44. The zero-order valence-corrected chi connectivity index (χ0v) is 14.3. The summed E-state index contributed by atoms with van der Waals surface area (Å²) in [5.41, 5.74) is 0.0453. The second-order valence-corrected chi connectivity index (χ2v) is 8.45. The van der Waals surface area contributed by atoms with Gasteiger partial charge in [0.2, 0.25) is 10.0 Å². The van der Waals surface area contributed by atoms with Crippen LogP contribution in [-0.4, -0.2) is 74.3 Å². The van der Waals surface area contributed by atoms with Crippen LogP contribution in [0.15, 0.2) is 29.2 Å². The molecule has 0 spiro atoms. The molecule has 2 aliphatic heterocycles. The second kappa shape index (κ2) is 6.49. The van der Waals surface area contributed by atoms with Gasteiger partial charge < -0.3 is 9.84 Å². The normalized spacial score (nSPS) is 27.4. The quantitative estimate of drug-likeness (QED) is 0.862. The number of β-amino-alcohol motifs (C(OH)–C–C–N with tert-alkyl or cyclic N) is 1. The van der Waals surface area contributed by atoms with E-state index in [-0.39, 0.29) is 6.54 Å². The van der Waals surface area contributed by atoms with Crippen molar-refractivity contribution in [3.05, 3.63) is 29.8 Å². The molecule has 1 N–H and O–H groups in total. The summed E-state index contributed by atoms with van der Waals surface area (Å²) in [6.07, 6.45) is 0.468. The SMILES string of the molecule is Cc1ccc(S(=O)(=O)N2CCC(O)(CN3CCOCC3)C2)cc1. The lowest BCUT2D eigenvalue weighted by atomic mass is 10.0. The molecular formula is C16H24N2O4S. The molecule has 0 amide bonds. The minimum Gasteiger partial charge on any atom is -0.387 e. The van der Waals surface area contributed by atoms with Gasteiger partial charge in [-0.05, 0) is 25.5 Å². The molecule has 0 aliphatic carbocycles. The van der Waals surface area contributed by atoms with Crippen molar-refractivity contribution in [1.82, 2.24) is 9.21 Å². The van der Waals surface area contributed by atoms with Crippen molar-refractivity contribution in [2.45, 2.75) is 23.8 Å². The highest BCUT2D eigenvalue weighted by Crippen LogP contribution is 2.28. The van der Waals surface area contributed by atoms with Gasteiger partial charge in [-0.15, -0.1) is 0 Å². The number of ether oxygens (including phenoxy) is 1. The first-order chi connectivity index (χ1) is 10.9. The molecule has 3 rings (SSSR count). The molecule has 2 heterocycles. The molecule has 2 aliphatic rings. The van der Waals surface area contributed by atoms with Gasteiger partial charge in [-0.2, -0.15) is 4.31 Å². The summed E-state index contributed by atoms with van der Waals surface area (Å²) in [6, 6.07) is 6.85. The topological polar surface area (TPSA) is 70.1 Å². The minimum absolute atomic E-state index is 0.153. The molecule has 23 heavy (non-hydrogen) atoms. The van der Waals surface area contributed by atoms with Crippen LogP contribution in [0.1, 0.15) is 12.0 Å². The Bertz CT molecular complexity index is 641. The largest absolute Gasteiger partial charge is 0.387 e. The van der Waals surface area contributed by atoms with E-state index in [4.69, 9.17) is 4.74 Å². The van der Waals surface area contributed by atoms with Crippen LogP contribution < -0.4 is 0 Å². The maximum Gasteiger partial charge on any atom is 0.243 e. The average Bonchev–Trinajstić information content (AvgIpc) is 2.91. The van der Waals surface area contributed by atoms with Crippen molar-refractivity contribution in [2.75, 3.05) is 45.9 Å². The molecule has 7 heteroatoms. The molecule has 128 valence electrons. The molecule has 1 atom stereocenters. The van der Waals surface area contributed by atoms with Gasteiger partial charge in [-0.3, -0.25) is 4.90 Å². The summed E-state index contributed by atoms with van der Waals surface area (Å²) in [5, 5.41) is 10.8. The summed E-state index contributed by atoms with van der Waals surface area (Å²) >= 11 is 0. The molecule has 0 aromatic heterocycles. The van der Waals surface area contributed by atoms with E-state index in [1.165, 1.54) is 4.31 Å². The van der Waals surface area contributed by atoms with Gasteiger partial charge in [0, 0.05) is 32.7 Å². The Morgan fingerprint density at radius 1 is 1.17 bits per heavy atom. The molecule has 2 fully saturated rings. The zero-order chi connectivity index (χ0) is 16.5. The van der Waals surface area contributed by atoms with E-state index < -0.39 is 15.6 Å². The lowest BCUT2D eigenvalue weighted by Gasteiger charge is -2.33. The Balaban J connectivity index is 1.69. The van der Waals surface area contributed by atoms with Crippen LogP contribution in [-0.2, 0) is 14.8 Å². The number of benzene rings is 1. The molecule has 2 saturated heterocycles. The van der Waals surface area contributed by atoms with Crippen LogP contribution >= 0.6 is 0 Å². The van der Waals surface area contributed by atoms with E-state index in [1.807, 2.05) is 6.92 Å². The van der Waals surface area contributed by atoms with Crippen LogP contribution in [0.3, 0.4) is 0 Å². The van der Waals surface area contributed by atoms with Crippen LogP contribution in [0.5, 0.6) is 0 Å². The van der Waals surface area contributed by atoms with Crippen molar-refractivity contribution >= 4 is 10.0 Å². The highest BCUT2D eigenvalue weighted by molar-refractivity contribution is 7.89. The lowest BCUT2D eigenvalue weighted by molar-refractivity contribution is -0.0239. The molecule has 1 aromatic rings. The molecule has 0 bridgehead atoms. The third-order valence-electron chi connectivity index (χ3n) is 4.58. The summed E-state index contributed by atoms with van der Waals surface area (Å²) in [5.74, 6) is 0. The fourth-order valence-electron chi connectivity index (χ4n) is 3.19. The molecular weight excluding hydrogens is 316 g/mol. The van der Waals surface area contributed by atoms with Crippen LogP contribution in [0.4, 0.5) is 0 Å². The number of rotatable bonds is 4. The van der Waals surface area contributed by atoms with Crippen molar-refractivity contribution in [3.8, 4) is 0 Å². The maximum atomic E-state index is 12.7. The number of aryl methyl sites for hydroxylation is 1. The first-order valence-corrected chi connectivity index (χ1v) is 9.42. The average molecular weight is 340 g/mol. The van der Waals surface area contributed by atoms with E-state index in [0.717, 1.165) is 18.7 Å². The summed E-state index contributed by atoms with van der Waals surface area (Å²) < 4.78 is 32.1. The van der Waals surface area contributed by atoms with Gasteiger partial charge in [0.1, 0.15) is 0 Å². The Kier molecular flexibility index (Phi) is 4.75. The van der Waals surface area contributed by atoms with Gasteiger partial charge in [-0.25, -0.2) is 8.42 Å². The third kappa shape index (κ3) is 3.75. The molecule has 1 unspecified atom stereocenters. The molecule has 0 radical (unpaired) electrons. The monoisotopic (exact) mass is 340 g/mol. The number of aliphatic hydroxyl groups is 1. The van der Waals surface area contributed by atoms with Gasteiger partial charge >= 0.3 is 0 Å². The van der Waals surface area contributed by atoms with E-state index in [2.05, 4.69) is 4.90 Å². The summed E-state index contributed by atoms with van der Waals surface area (Å²) in [6.45, 7) is 5.84. The van der Waals surface area contributed by atoms with E-state index >= 15 is 0 Å². The Labute approximate surface area is 137 Å². The van der Waals surface area contributed by atoms with Crippen LogP contribution in [0.2, 0.25) is 0 Å². The van der Waals surface area contributed by atoms with Crippen LogP contribution in [0, 0.1) is 6.92 Å². The Morgan fingerprint density at radius 3 is 2.48 bits per heavy atom. The number of morpholine rings is 1. The lowest BCUT2D eigenvalue weighted by Crippen LogP contribution is -2.49. The Hall–Kier alpha value is -0.990. The van der Waals surface area contributed by atoms with Gasteiger partial charge in [-0.1, -0.05) is 17.7 Å². The van der Waals surface area contributed by atoms with E-state index in [9.17, 15) is 13.5 Å². The van der Waals surface area contributed by atoms with Crippen molar-refractivity contribution in [1.29, 1.82) is 0 Å². The number of nitrogens with zero attached hydrogens (tertiary/aromatic N) is 2. The van der Waals surface area contributed by atoms with Gasteiger partial charge in [0.05, 0.1) is 23.7 Å². The molecule has 6 nitrogen and oxygen atoms in total. The second-order valence-electron chi connectivity index (χ2n) is 6.51. The van der Waals surface area contributed by atoms with Crippen LogP contribution in [0.25, 0.3) is 0 Å². The first kappa shape index (κ1) is 16.9. The van der Waals surface area contributed by atoms with Gasteiger partial charge in [0.25, 0.3) is 0 Å². The predicted molar refractivity (Wildman–Crippen MR) is 86.8 cm³/mol. The Morgan fingerprint density at radius 2 is 1.83 bits per heavy atom. The van der Waals surface area contributed by atoms with Crippen molar-refractivity contribution < 1.29 is 18.3 Å². The standard InChI is InChI=1S/C16H24N2O4S/c1-14-2-4-15(5-3-14)23(20,21)18-7-6-16(19,13-18)12-17-8-10-22-11-9-17/h2-5,19H,6-13H2,1H3.